The first-order valence-electron chi connectivity index (χ1n) is 14.6. The molecule has 2 aromatic heterocycles. The molecule has 8 nitrogen and oxygen atoms in total. The Morgan fingerprint density at radius 3 is 2.45 bits per heavy atom. The number of carbonyl (C=O) groups excluding carboxylic acids is 2. The minimum atomic E-state index is -0.612. The summed E-state index contributed by atoms with van der Waals surface area (Å²) in [4.78, 5) is 38.5. The van der Waals surface area contributed by atoms with Gasteiger partial charge < -0.3 is 15.0 Å². The van der Waals surface area contributed by atoms with Crippen molar-refractivity contribution in [3.63, 3.8) is 0 Å². The third-order valence-electron chi connectivity index (χ3n) is 7.69. The standard InChI is InChI=1S/C34H34FN5O3S/c1-20-17-39(18-21(2)40(20)33(42)43-34(3,4)5)32(41)23-6-9-25(27(35)15-23)22-7-10-28-26(14-22)29(12-13-36-28)38-24-8-11-31-30(16-24)37-19-44-31/h6-16,19-21H,17-18H2,1-5H3,(H,36,38)/t20-,21+. The molecule has 6 rings (SSSR count). The van der Waals surface area contributed by atoms with Crippen LogP contribution in [0.5, 0.6) is 0 Å². The highest BCUT2D eigenvalue weighted by Gasteiger charge is 2.37. The number of nitrogens with one attached hydrogen (secondary N) is 1. The number of hydrogen-bond acceptors (Lipinski definition) is 7. The van der Waals surface area contributed by atoms with E-state index >= 15 is 4.39 Å². The molecule has 1 saturated heterocycles. The number of halogens is 1. The molecule has 44 heavy (non-hydrogen) atoms. The van der Waals surface area contributed by atoms with E-state index in [4.69, 9.17) is 4.74 Å². The number of rotatable bonds is 4. The number of carbonyl (C=O) groups is 2. The first-order valence-corrected chi connectivity index (χ1v) is 15.4. The molecule has 2 amide bonds. The number of thiazole rings is 1. The molecule has 3 heterocycles. The minimum Gasteiger partial charge on any atom is -0.444 e. The normalized spacial score (nSPS) is 17.2. The van der Waals surface area contributed by atoms with Gasteiger partial charge in [-0.05, 0) is 88.7 Å². The number of fused-ring (bicyclic) bond motifs is 2. The highest BCUT2D eigenvalue weighted by molar-refractivity contribution is 7.16. The topological polar surface area (TPSA) is 87.7 Å². The van der Waals surface area contributed by atoms with Gasteiger partial charge in [0.2, 0.25) is 0 Å². The van der Waals surface area contributed by atoms with Crippen molar-refractivity contribution in [2.75, 3.05) is 18.4 Å². The lowest BCUT2D eigenvalue weighted by Gasteiger charge is -2.44. The maximum absolute atomic E-state index is 15.6. The van der Waals surface area contributed by atoms with E-state index in [0.29, 0.717) is 24.2 Å². The molecule has 0 spiro atoms. The minimum absolute atomic E-state index is 0.251. The first kappa shape index (κ1) is 29.5. The van der Waals surface area contributed by atoms with E-state index < -0.39 is 17.5 Å². The Hall–Kier alpha value is -4.57. The average molecular weight is 612 g/mol. The van der Waals surface area contributed by atoms with Crippen molar-refractivity contribution in [2.45, 2.75) is 52.3 Å². The van der Waals surface area contributed by atoms with Gasteiger partial charge in [0.1, 0.15) is 11.4 Å². The van der Waals surface area contributed by atoms with Crippen molar-refractivity contribution >= 4 is 55.8 Å². The van der Waals surface area contributed by atoms with Crippen molar-refractivity contribution in [1.29, 1.82) is 0 Å². The predicted octanol–water partition coefficient (Wildman–Crippen LogP) is 7.86. The third kappa shape index (κ3) is 5.94. The molecule has 0 radical (unpaired) electrons. The second-order valence-electron chi connectivity index (χ2n) is 12.2. The van der Waals surface area contributed by atoms with Crippen LogP contribution in [-0.2, 0) is 4.74 Å². The van der Waals surface area contributed by atoms with Crippen molar-refractivity contribution in [3.8, 4) is 11.1 Å². The Balaban J connectivity index is 1.22. The summed E-state index contributed by atoms with van der Waals surface area (Å²) < 4.78 is 22.3. The quantitative estimate of drug-likeness (QED) is 0.223. The van der Waals surface area contributed by atoms with Crippen LogP contribution in [0.3, 0.4) is 0 Å². The molecular weight excluding hydrogens is 577 g/mol. The summed E-state index contributed by atoms with van der Waals surface area (Å²) in [6, 6.07) is 17.6. The van der Waals surface area contributed by atoms with E-state index in [1.165, 1.54) is 6.07 Å². The lowest BCUT2D eigenvalue weighted by atomic mass is 9.99. The Kier molecular flexibility index (Phi) is 7.71. The molecule has 2 atom stereocenters. The molecule has 1 aliphatic rings. The van der Waals surface area contributed by atoms with E-state index in [9.17, 15) is 9.59 Å². The van der Waals surface area contributed by atoms with Gasteiger partial charge >= 0.3 is 6.09 Å². The summed E-state index contributed by atoms with van der Waals surface area (Å²) in [6.07, 6.45) is 1.34. The summed E-state index contributed by atoms with van der Waals surface area (Å²) in [5.74, 6) is -0.764. The van der Waals surface area contributed by atoms with E-state index in [0.717, 1.165) is 32.5 Å². The summed E-state index contributed by atoms with van der Waals surface area (Å²) in [7, 11) is 0. The number of hydrogen-bond donors (Lipinski definition) is 1. The first-order chi connectivity index (χ1) is 21.0. The highest BCUT2D eigenvalue weighted by atomic mass is 32.1. The van der Waals surface area contributed by atoms with Crippen LogP contribution in [-0.4, -0.2) is 62.5 Å². The number of piperazine rings is 1. The van der Waals surface area contributed by atoms with Crippen molar-refractivity contribution in [1.82, 2.24) is 19.8 Å². The molecule has 1 aliphatic heterocycles. The number of aromatic nitrogens is 2. The van der Waals surface area contributed by atoms with Gasteiger partial charge in [-0.1, -0.05) is 12.1 Å². The van der Waals surface area contributed by atoms with Gasteiger partial charge in [0.15, 0.2) is 0 Å². The fourth-order valence-corrected chi connectivity index (χ4v) is 6.40. The zero-order chi connectivity index (χ0) is 31.2. The zero-order valence-corrected chi connectivity index (χ0v) is 26.1. The van der Waals surface area contributed by atoms with Crippen molar-refractivity contribution in [3.05, 3.63) is 83.8 Å². The van der Waals surface area contributed by atoms with E-state index in [1.807, 2.05) is 82.6 Å². The largest absolute Gasteiger partial charge is 0.444 e. The maximum atomic E-state index is 15.6. The molecule has 0 aliphatic carbocycles. The Labute approximate surface area is 259 Å². The molecule has 3 aromatic carbocycles. The predicted molar refractivity (Wildman–Crippen MR) is 173 cm³/mol. The van der Waals surface area contributed by atoms with Crippen LogP contribution < -0.4 is 5.32 Å². The Morgan fingerprint density at radius 1 is 0.955 bits per heavy atom. The van der Waals surface area contributed by atoms with E-state index in [2.05, 4.69) is 15.3 Å². The number of ether oxygens (including phenoxy) is 1. The lowest BCUT2D eigenvalue weighted by molar-refractivity contribution is -0.0129. The lowest BCUT2D eigenvalue weighted by Crippen LogP contribution is -2.60. The van der Waals surface area contributed by atoms with Crippen LogP contribution in [0.15, 0.2) is 72.4 Å². The second-order valence-corrected chi connectivity index (χ2v) is 13.1. The van der Waals surface area contributed by atoms with Crippen molar-refractivity contribution in [2.24, 2.45) is 0 Å². The molecule has 1 N–H and O–H groups in total. The second kappa shape index (κ2) is 11.5. The SMILES string of the molecule is C[C@@H]1CN(C(=O)c2ccc(-c3ccc4nccc(Nc5ccc6scnc6c5)c4c3)c(F)c2)C[C@H](C)N1C(=O)OC(C)(C)C. The van der Waals surface area contributed by atoms with Gasteiger partial charge in [0.25, 0.3) is 5.91 Å². The van der Waals surface area contributed by atoms with Gasteiger partial charge in [-0.3, -0.25) is 14.7 Å². The summed E-state index contributed by atoms with van der Waals surface area (Å²) in [6.45, 7) is 9.91. The van der Waals surface area contributed by atoms with E-state index in [1.54, 1.807) is 39.5 Å². The molecule has 0 bridgehead atoms. The number of benzene rings is 3. The fraction of sp³-hybridized carbons (Fsp3) is 0.294. The number of amides is 2. The molecule has 0 saturated carbocycles. The maximum Gasteiger partial charge on any atom is 0.410 e. The zero-order valence-electron chi connectivity index (χ0n) is 25.3. The number of anilines is 2. The molecule has 1 fully saturated rings. The van der Waals surface area contributed by atoms with E-state index in [-0.39, 0.29) is 23.6 Å². The molecule has 0 unspecified atom stereocenters. The summed E-state index contributed by atoms with van der Waals surface area (Å²) in [5, 5.41) is 4.30. The molecular formula is C34H34FN5O3S. The van der Waals surface area contributed by atoms with Crippen LogP contribution in [0, 0.1) is 5.82 Å². The third-order valence-corrected chi connectivity index (χ3v) is 8.50. The van der Waals surface area contributed by atoms with Gasteiger partial charge in [0, 0.05) is 47.2 Å². The fourth-order valence-electron chi connectivity index (χ4n) is 5.74. The van der Waals surface area contributed by atoms with Crippen LogP contribution in [0.25, 0.3) is 32.2 Å². The van der Waals surface area contributed by atoms with Crippen LogP contribution >= 0.6 is 11.3 Å². The molecule has 226 valence electrons. The van der Waals surface area contributed by atoms with Crippen molar-refractivity contribution < 1.29 is 18.7 Å². The molecule has 10 heteroatoms. The van der Waals surface area contributed by atoms with Gasteiger partial charge in [-0.15, -0.1) is 11.3 Å². The summed E-state index contributed by atoms with van der Waals surface area (Å²) in [5.41, 5.74) is 5.96. The Morgan fingerprint density at radius 2 is 1.73 bits per heavy atom. The number of pyridine rings is 1. The Bertz CT molecular complexity index is 1870. The monoisotopic (exact) mass is 611 g/mol. The summed E-state index contributed by atoms with van der Waals surface area (Å²) >= 11 is 1.59. The van der Waals surface area contributed by atoms with Crippen LogP contribution in [0.2, 0.25) is 0 Å². The highest BCUT2D eigenvalue weighted by Crippen LogP contribution is 2.33. The molecule has 5 aromatic rings. The van der Waals surface area contributed by atoms with Gasteiger partial charge in [-0.2, -0.15) is 0 Å². The average Bonchev–Trinajstić information content (AvgIpc) is 3.43. The van der Waals surface area contributed by atoms with Crippen LogP contribution in [0.4, 0.5) is 20.6 Å². The number of nitrogens with zero attached hydrogens (tertiary/aromatic N) is 4. The van der Waals surface area contributed by atoms with Crippen LogP contribution in [0.1, 0.15) is 45.0 Å². The smallest absolute Gasteiger partial charge is 0.410 e. The van der Waals surface area contributed by atoms with Gasteiger partial charge in [0.05, 0.1) is 33.3 Å². The van der Waals surface area contributed by atoms with Gasteiger partial charge in [-0.25, -0.2) is 14.2 Å².